The van der Waals surface area contributed by atoms with Crippen molar-refractivity contribution in [2.75, 3.05) is 0 Å². The Morgan fingerprint density at radius 2 is 1.64 bits per heavy atom. The summed E-state index contributed by atoms with van der Waals surface area (Å²) < 4.78 is 6.05. The molecule has 0 unspecified atom stereocenters. The van der Waals surface area contributed by atoms with Gasteiger partial charge in [0.15, 0.2) is 0 Å². The third kappa shape index (κ3) is 4.45. The van der Waals surface area contributed by atoms with E-state index >= 15 is 0 Å². The number of rotatable bonds is 4. The Balaban J connectivity index is 2.17. The summed E-state index contributed by atoms with van der Waals surface area (Å²) in [6, 6.07) is 0. The minimum atomic E-state index is 0.452. The van der Waals surface area contributed by atoms with Crippen LogP contribution in [0, 0.1) is 11.8 Å². The van der Waals surface area contributed by atoms with Crippen LogP contribution in [-0.4, -0.2) is 12.2 Å². The summed E-state index contributed by atoms with van der Waals surface area (Å²) >= 11 is 0. The van der Waals surface area contributed by atoms with E-state index in [4.69, 9.17) is 4.74 Å². The molecule has 1 saturated carbocycles. The lowest BCUT2D eigenvalue weighted by Crippen LogP contribution is -2.25. The van der Waals surface area contributed by atoms with Gasteiger partial charge in [-0.15, -0.1) is 0 Å². The van der Waals surface area contributed by atoms with Gasteiger partial charge in [-0.3, -0.25) is 0 Å². The van der Waals surface area contributed by atoms with Gasteiger partial charge in [-0.2, -0.15) is 0 Å². The van der Waals surface area contributed by atoms with Crippen molar-refractivity contribution in [3.63, 3.8) is 0 Å². The fourth-order valence-corrected chi connectivity index (χ4v) is 2.41. The molecule has 1 atom stereocenters. The molecule has 0 N–H and O–H groups in total. The quantitative estimate of drug-likeness (QED) is 0.663. The predicted molar refractivity (Wildman–Crippen MR) is 61.4 cm³/mol. The molecule has 0 saturated heterocycles. The molecule has 1 fully saturated rings. The van der Waals surface area contributed by atoms with Crippen LogP contribution < -0.4 is 0 Å². The lowest BCUT2D eigenvalue weighted by atomic mass is 9.89. The van der Waals surface area contributed by atoms with E-state index in [-0.39, 0.29) is 0 Å². The van der Waals surface area contributed by atoms with Gasteiger partial charge in [-0.25, -0.2) is 0 Å². The molecule has 0 amide bonds. The first-order chi connectivity index (χ1) is 6.58. The van der Waals surface area contributed by atoms with Crippen LogP contribution in [-0.2, 0) is 4.74 Å². The fraction of sp³-hybridized carbons (Fsp3) is 1.00. The van der Waals surface area contributed by atoms with E-state index in [0.29, 0.717) is 12.2 Å². The molecule has 0 radical (unpaired) electrons. The van der Waals surface area contributed by atoms with Gasteiger partial charge in [-0.05, 0) is 50.9 Å². The van der Waals surface area contributed by atoms with Crippen molar-refractivity contribution in [3.05, 3.63) is 0 Å². The second-order valence-corrected chi connectivity index (χ2v) is 5.46. The highest BCUT2D eigenvalue weighted by atomic mass is 16.5. The van der Waals surface area contributed by atoms with Crippen LogP contribution in [0.2, 0.25) is 0 Å². The molecule has 0 aromatic heterocycles. The van der Waals surface area contributed by atoms with E-state index in [0.717, 1.165) is 11.8 Å². The van der Waals surface area contributed by atoms with Crippen LogP contribution in [0.3, 0.4) is 0 Å². The topological polar surface area (TPSA) is 9.23 Å². The van der Waals surface area contributed by atoms with Gasteiger partial charge in [0.2, 0.25) is 0 Å². The maximum Gasteiger partial charge on any atom is 0.0579 e. The summed E-state index contributed by atoms with van der Waals surface area (Å²) in [6.07, 6.45) is 7.49. The Hall–Kier alpha value is -0.0400. The Morgan fingerprint density at radius 3 is 2.14 bits per heavy atom. The molecule has 0 spiro atoms. The molecule has 1 nitrogen and oxygen atoms in total. The third-order valence-corrected chi connectivity index (χ3v) is 3.19. The minimum Gasteiger partial charge on any atom is -0.375 e. The summed E-state index contributed by atoms with van der Waals surface area (Å²) in [5, 5.41) is 0. The largest absolute Gasteiger partial charge is 0.375 e. The molecule has 1 aliphatic rings. The van der Waals surface area contributed by atoms with Gasteiger partial charge in [0.25, 0.3) is 0 Å². The molecule has 0 heterocycles. The highest BCUT2D eigenvalue weighted by Gasteiger charge is 2.20. The number of hydrogen-bond donors (Lipinski definition) is 0. The molecule has 1 heteroatoms. The molecule has 0 aromatic carbocycles. The highest BCUT2D eigenvalue weighted by Crippen LogP contribution is 2.27. The smallest absolute Gasteiger partial charge is 0.0579 e. The monoisotopic (exact) mass is 198 g/mol. The summed E-state index contributed by atoms with van der Waals surface area (Å²) in [5.74, 6) is 1.68. The number of hydrogen-bond acceptors (Lipinski definition) is 1. The zero-order valence-electron chi connectivity index (χ0n) is 10.3. The van der Waals surface area contributed by atoms with E-state index < -0.39 is 0 Å². The average Bonchev–Trinajstić information content (AvgIpc) is 2.07. The molecule has 0 aliphatic heterocycles. The summed E-state index contributed by atoms with van der Waals surface area (Å²) in [5.41, 5.74) is 0. The Labute approximate surface area is 89.2 Å². The van der Waals surface area contributed by atoms with E-state index in [1.807, 2.05) is 0 Å². The lowest BCUT2D eigenvalue weighted by molar-refractivity contribution is -0.0346. The van der Waals surface area contributed by atoms with Gasteiger partial charge < -0.3 is 4.74 Å². The molecular weight excluding hydrogens is 172 g/mol. The maximum atomic E-state index is 6.05. The van der Waals surface area contributed by atoms with Gasteiger partial charge in [0.1, 0.15) is 0 Å². The van der Waals surface area contributed by atoms with Crippen LogP contribution in [0.4, 0.5) is 0 Å². The average molecular weight is 198 g/mol. The van der Waals surface area contributed by atoms with Crippen LogP contribution in [0.1, 0.15) is 59.8 Å². The van der Waals surface area contributed by atoms with Gasteiger partial charge in [-0.1, -0.05) is 20.8 Å². The first-order valence-electron chi connectivity index (χ1n) is 6.23. The van der Waals surface area contributed by atoms with Crippen molar-refractivity contribution in [2.45, 2.75) is 72.0 Å². The number of ether oxygens (including phenoxy) is 1. The fourth-order valence-electron chi connectivity index (χ4n) is 2.41. The molecular formula is C13H26O. The lowest BCUT2D eigenvalue weighted by Gasteiger charge is -2.29. The molecule has 0 aromatic rings. The summed E-state index contributed by atoms with van der Waals surface area (Å²) in [7, 11) is 0. The molecule has 1 rings (SSSR count). The van der Waals surface area contributed by atoms with Gasteiger partial charge in [0, 0.05) is 0 Å². The Morgan fingerprint density at radius 1 is 1.07 bits per heavy atom. The van der Waals surface area contributed by atoms with Crippen molar-refractivity contribution >= 4 is 0 Å². The summed E-state index contributed by atoms with van der Waals surface area (Å²) in [4.78, 5) is 0. The Kier molecular flexibility index (Phi) is 4.94. The van der Waals surface area contributed by atoms with Crippen molar-refractivity contribution in [2.24, 2.45) is 11.8 Å². The van der Waals surface area contributed by atoms with Crippen molar-refractivity contribution in [1.82, 2.24) is 0 Å². The molecule has 0 bridgehead atoms. The molecule has 1 aliphatic carbocycles. The van der Waals surface area contributed by atoms with Crippen molar-refractivity contribution in [1.29, 1.82) is 0 Å². The SMILES string of the molecule is CC(C)C[C@@H](C)O[C@H]1CC[C@@H](C)CC1. The maximum absolute atomic E-state index is 6.05. The standard InChI is InChI=1S/C13H26O/c1-10(2)9-12(4)14-13-7-5-11(3)6-8-13/h10-13H,5-9H2,1-4H3/t11-,12-,13+/m1/s1. The van der Waals surface area contributed by atoms with Crippen LogP contribution >= 0.6 is 0 Å². The van der Waals surface area contributed by atoms with Crippen LogP contribution in [0.25, 0.3) is 0 Å². The van der Waals surface area contributed by atoms with E-state index in [1.54, 1.807) is 0 Å². The van der Waals surface area contributed by atoms with Crippen molar-refractivity contribution < 1.29 is 4.74 Å². The second kappa shape index (κ2) is 5.75. The zero-order chi connectivity index (χ0) is 10.6. The van der Waals surface area contributed by atoms with Gasteiger partial charge >= 0.3 is 0 Å². The van der Waals surface area contributed by atoms with Crippen molar-refractivity contribution in [3.8, 4) is 0 Å². The van der Waals surface area contributed by atoms with Crippen LogP contribution in [0.5, 0.6) is 0 Å². The highest BCUT2D eigenvalue weighted by molar-refractivity contribution is 4.71. The van der Waals surface area contributed by atoms with Crippen LogP contribution in [0.15, 0.2) is 0 Å². The minimum absolute atomic E-state index is 0.452. The van der Waals surface area contributed by atoms with E-state index in [1.165, 1.54) is 32.1 Å². The van der Waals surface area contributed by atoms with E-state index in [2.05, 4.69) is 27.7 Å². The third-order valence-electron chi connectivity index (χ3n) is 3.19. The second-order valence-electron chi connectivity index (χ2n) is 5.46. The zero-order valence-corrected chi connectivity index (χ0v) is 10.3. The normalized spacial score (nSPS) is 30.6. The Bertz CT molecular complexity index is 145. The summed E-state index contributed by atoms with van der Waals surface area (Å²) in [6.45, 7) is 9.11. The van der Waals surface area contributed by atoms with E-state index in [9.17, 15) is 0 Å². The predicted octanol–water partition coefficient (Wildman–Crippen LogP) is 4.02. The first kappa shape index (κ1) is 12.0. The first-order valence-corrected chi connectivity index (χ1v) is 6.23. The molecule has 14 heavy (non-hydrogen) atoms. The van der Waals surface area contributed by atoms with Gasteiger partial charge in [0.05, 0.1) is 12.2 Å². The molecule has 84 valence electrons.